The second-order valence-corrected chi connectivity index (χ2v) is 12.4. The highest BCUT2D eigenvalue weighted by molar-refractivity contribution is 5.58. The maximum Gasteiger partial charge on any atom is 0.0485 e. The van der Waals surface area contributed by atoms with E-state index in [4.69, 9.17) is 9.47 Å². The van der Waals surface area contributed by atoms with E-state index in [2.05, 4.69) is 93.8 Å². The summed E-state index contributed by atoms with van der Waals surface area (Å²) in [7, 11) is 0. The van der Waals surface area contributed by atoms with Gasteiger partial charge in [-0.3, -0.25) is 0 Å². The van der Waals surface area contributed by atoms with E-state index in [9.17, 15) is 0 Å². The molecule has 0 aromatic heterocycles. The molecule has 2 aromatic carbocycles. The van der Waals surface area contributed by atoms with Gasteiger partial charge in [-0.25, -0.2) is 0 Å². The third kappa shape index (κ3) is 6.93. The monoisotopic (exact) mass is 520 g/mol. The second-order valence-electron chi connectivity index (χ2n) is 12.4. The summed E-state index contributed by atoms with van der Waals surface area (Å²) >= 11 is 0. The Hall–Kier alpha value is -2.04. The van der Waals surface area contributed by atoms with Crippen molar-refractivity contribution in [1.82, 2.24) is 0 Å². The van der Waals surface area contributed by atoms with Crippen LogP contribution in [0.2, 0.25) is 0 Å². The Morgan fingerprint density at radius 2 is 1.47 bits per heavy atom. The average Bonchev–Trinajstić information content (AvgIpc) is 2.93. The van der Waals surface area contributed by atoms with Crippen LogP contribution in [0, 0.1) is 6.92 Å². The van der Waals surface area contributed by atoms with Crippen LogP contribution < -0.4 is 9.80 Å². The average molecular weight is 521 g/mol. The van der Waals surface area contributed by atoms with Crippen molar-refractivity contribution < 1.29 is 9.47 Å². The van der Waals surface area contributed by atoms with Gasteiger partial charge in [-0.2, -0.15) is 0 Å². The molecule has 2 heterocycles. The minimum atomic E-state index is 0.126. The fraction of sp³-hybridized carbons (Fsp3) is 0.647. The van der Waals surface area contributed by atoms with Crippen molar-refractivity contribution in [2.45, 2.75) is 103 Å². The van der Waals surface area contributed by atoms with Crippen LogP contribution >= 0.6 is 0 Å². The van der Waals surface area contributed by atoms with Gasteiger partial charge in [0, 0.05) is 63.0 Å². The van der Waals surface area contributed by atoms with E-state index in [1.165, 1.54) is 40.9 Å². The van der Waals surface area contributed by atoms with Gasteiger partial charge in [0.1, 0.15) is 0 Å². The predicted octanol–water partition coefficient (Wildman–Crippen LogP) is 7.87. The third-order valence-corrected chi connectivity index (χ3v) is 9.04. The summed E-state index contributed by atoms with van der Waals surface area (Å²) in [6, 6.07) is 17.4. The maximum absolute atomic E-state index is 5.74. The number of hydrogen-bond acceptors (Lipinski definition) is 4. The smallest absolute Gasteiger partial charge is 0.0485 e. The first-order valence-electron chi connectivity index (χ1n) is 15.2. The Kier molecular flexibility index (Phi) is 10.2. The van der Waals surface area contributed by atoms with Crippen molar-refractivity contribution in [3.8, 4) is 0 Å². The van der Waals surface area contributed by atoms with E-state index >= 15 is 0 Å². The number of nitrogens with zero attached hydrogens (tertiary/aromatic N) is 2. The van der Waals surface area contributed by atoms with Gasteiger partial charge in [0.2, 0.25) is 0 Å². The summed E-state index contributed by atoms with van der Waals surface area (Å²) in [5.41, 5.74) is 7.31. The van der Waals surface area contributed by atoms with Crippen LogP contribution in [0.25, 0.3) is 0 Å². The topological polar surface area (TPSA) is 24.9 Å². The van der Waals surface area contributed by atoms with Crippen molar-refractivity contribution >= 4 is 11.4 Å². The van der Waals surface area contributed by atoms with Gasteiger partial charge in [0.05, 0.1) is 0 Å². The maximum atomic E-state index is 5.74. The number of rotatable bonds is 11. The van der Waals surface area contributed by atoms with Crippen molar-refractivity contribution in [3.63, 3.8) is 0 Å². The molecule has 4 heteroatoms. The molecule has 2 fully saturated rings. The van der Waals surface area contributed by atoms with E-state index in [1.54, 1.807) is 0 Å². The van der Waals surface area contributed by atoms with Crippen LogP contribution in [-0.4, -0.2) is 51.6 Å². The summed E-state index contributed by atoms with van der Waals surface area (Å²) in [5, 5.41) is 0. The summed E-state index contributed by atoms with van der Waals surface area (Å²) < 4.78 is 11.4. The lowest BCUT2D eigenvalue weighted by Gasteiger charge is -2.38. The van der Waals surface area contributed by atoms with Crippen LogP contribution in [0.5, 0.6) is 0 Å². The molecule has 0 amide bonds. The van der Waals surface area contributed by atoms with E-state index in [0.29, 0.717) is 18.0 Å². The molecule has 2 saturated heterocycles. The Balaban J connectivity index is 1.48. The predicted molar refractivity (Wildman–Crippen MR) is 162 cm³/mol. The minimum Gasteiger partial charge on any atom is -0.381 e. The molecule has 0 N–H and O–H groups in total. The summed E-state index contributed by atoms with van der Waals surface area (Å²) in [6.45, 7) is 19.8. The van der Waals surface area contributed by atoms with Gasteiger partial charge in [0.15, 0.2) is 0 Å². The molecule has 0 aliphatic carbocycles. The number of benzene rings is 2. The van der Waals surface area contributed by atoms with E-state index in [-0.39, 0.29) is 5.41 Å². The van der Waals surface area contributed by atoms with Crippen LogP contribution in [-0.2, 0) is 14.9 Å². The van der Waals surface area contributed by atoms with Gasteiger partial charge < -0.3 is 19.3 Å². The molecule has 38 heavy (non-hydrogen) atoms. The van der Waals surface area contributed by atoms with Crippen molar-refractivity contribution in [3.05, 3.63) is 59.2 Å². The Bertz CT molecular complexity index is 1010. The quantitative estimate of drug-likeness (QED) is 0.301. The van der Waals surface area contributed by atoms with Gasteiger partial charge in [-0.15, -0.1) is 0 Å². The standard InChI is InChI=1S/C34H52N2O2/c1-7-35(29-15-21-37-22-16-29)31-12-8-11-28(25-31)34(5,6)19-10-20-36(30-17-23-38-24-18-30)33-14-9-13-32(26(2)3)27(33)4/h8-9,11-14,25-26,29-30H,7,10,15-24H2,1-6H3. The van der Waals surface area contributed by atoms with Crippen LogP contribution in [0.1, 0.15) is 95.8 Å². The molecule has 0 radical (unpaired) electrons. The highest BCUT2D eigenvalue weighted by Gasteiger charge is 2.27. The number of ether oxygens (including phenoxy) is 2. The lowest BCUT2D eigenvalue weighted by molar-refractivity contribution is 0.0842. The zero-order valence-electron chi connectivity index (χ0n) is 25.0. The Morgan fingerprint density at radius 3 is 2.08 bits per heavy atom. The SMILES string of the molecule is CCN(c1cccc(C(C)(C)CCCN(c2cccc(C(C)C)c2C)C2CCOCC2)c1)C1CCOCC1. The Morgan fingerprint density at radius 1 is 0.868 bits per heavy atom. The first-order valence-corrected chi connectivity index (χ1v) is 15.2. The molecule has 4 rings (SSSR count). The zero-order valence-corrected chi connectivity index (χ0v) is 25.0. The minimum absolute atomic E-state index is 0.126. The molecule has 0 unspecified atom stereocenters. The molecule has 0 bridgehead atoms. The van der Waals surface area contributed by atoms with Crippen molar-refractivity contribution in [1.29, 1.82) is 0 Å². The molecule has 2 aliphatic heterocycles. The molecule has 0 atom stereocenters. The Labute approximate surface area is 232 Å². The molecule has 4 nitrogen and oxygen atoms in total. The number of anilines is 2. The van der Waals surface area contributed by atoms with Gasteiger partial charge in [0.25, 0.3) is 0 Å². The summed E-state index contributed by atoms with van der Waals surface area (Å²) in [6.07, 6.45) is 6.84. The fourth-order valence-corrected chi connectivity index (χ4v) is 6.66. The lowest BCUT2D eigenvalue weighted by Crippen LogP contribution is -2.41. The lowest BCUT2D eigenvalue weighted by atomic mass is 9.80. The summed E-state index contributed by atoms with van der Waals surface area (Å²) in [4.78, 5) is 5.32. The fourth-order valence-electron chi connectivity index (χ4n) is 6.66. The highest BCUT2D eigenvalue weighted by atomic mass is 16.5. The van der Waals surface area contributed by atoms with Gasteiger partial charge in [-0.1, -0.05) is 52.0 Å². The van der Waals surface area contributed by atoms with Crippen molar-refractivity contribution in [2.24, 2.45) is 0 Å². The van der Waals surface area contributed by atoms with Gasteiger partial charge in [-0.05, 0) is 98.6 Å². The van der Waals surface area contributed by atoms with Crippen LogP contribution in [0.3, 0.4) is 0 Å². The van der Waals surface area contributed by atoms with Crippen LogP contribution in [0.15, 0.2) is 42.5 Å². The zero-order chi connectivity index (χ0) is 27.1. The molecule has 0 saturated carbocycles. The first kappa shape index (κ1) is 29.0. The third-order valence-electron chi connectivity index (χ3n) is 9.04. The molecule has 0 spiro atoms. The second kappa shape index (κ2) is 13.3. The van der Waals surface area contributed by atoms with Crippen LogP contribution in [0.4, 0.5) is 11.4 Å². The highest BCUT2D eigenvalue weighted by Crippen LogP contribution is 2.35. The molecule has 2 aliphatic rings. The molecular formula is C34H52N2O2. The number of hydrogen-bond donors (Lipinski definition) is 0. The first-order chi connectivity index (χ1) is 18.3. The largest absolute Gasteiger partial charge is 0.381 e. The normalized spacial score (nSPS) is 17.7. The summed E-state index contributed by atoms with van der Waals surface area (Å²) in [5.74, 6) is 0.543. The van der Waals surface area contributed by atoms with E-state index < -0.39 is 0 Å². The van der Waals surface area contributed by atoms with Crippen molar-refractivity contribution in [2.75, 3.05) is 49.3 Å². The van der Waals surface area contributed by atoms with E-state index in [1.807, 2.05) is 0 Å². The molecule has 210 valence electrons. The van der Waals surface area contributed by atoms with Gasteiger partial charge >= 0.3 is 0 Å². The van der Waals surface area contributed by atoms with E-state index in [0.717, 1.165) is 65.2 Å². The molecule has 2 aromatic rings. The molecular weight excluding hydrogens is 468 g/mol.